The van der Waals surface area contributed by atoms with Crippen LogP contribution in [0, 0.1) is 0 Å². The number of carbonyl (C=O) groups excluding carboxylic acids is 1. The Morgan fingerprint density at radius 3 is 2.58 bits per heavy atom. The summed E-state index contributed by atoms with van der Waals surface area (Å²) in [5, 5.41) is 0. The number of benzene rings is 1. The molecule has 0 unspecified atom stereocenters. The predicted molar refractivity (Wildman–Crippen MR) is 49.1 cm³/mol. The molecule has 1 saturated heterocycles. The standard InChI is InChI=1S/C9H10NO.In/c1-2-9(11)10-8-6-4-3-5-7-8;/h3-7H,1-2H2,(H,10,11);/q;+1/p-1. The van der Waals surface area contributed by atoms with Crippen molar-refractivity contribution in [3.8, 4) is 0 Å². The Morgan fingerprint density at radius 1 is 1.25 bits per heavy atom. The van der Waals surface area contributed by atoms with Gasteiger partial charge in [-0.1, -0.05) is 0 Å². The normalized spacial score (nSPS) is 16.3. The Balaban J connectivity index is 2.25. The van der Waals surface area contributed by atoms with Crippen LogP contribution >= 0.6 is 0 Å². The fourth-order valence-electron chi connectivity index (χ4n) is 1.38. The molecule has 0 spiro atoms. The molecule has 0 atom stereocenters. The molecule has 1 amide bonds. The Labute approximate surface area is 83.3 Å². The van der Waals surface area contributed by atoms with Gasteiger partial charge in [0.05, 0.1) is 0 Å². The molecule has 1 heterocycles. The summed E-state index contributed by atoms with van der Waals surface area (Å²) in [6, 6.07) is 10.0. The molecule has 1 aliphatic rings. The minimum absolute atomic E-state index is 0.336. The Hall–Kier alpha value is -0.440. The third-order valence-corrected chi connectivity index (χ3v) is 6.25. The third kappa shape index (κ3) is 1.51. The van der Waals surface area contributed by atoms with Crippen LogP contribution in [0.5, 0.6) is 0 Å². The Bertz CT molecular complexity index is 286. The van der Waals surface area contributed by atoms with Crippen LogP contribution in [0.2, 0.25) is 4.18 Å². The van der Waals surface area contributed by atoms with E-state index in [1.807, 2.05) is 33.2 Å². The molecule has 59 valence electrons. The van der Waals surface area contributed by atoms with Crippen molar-refractivity contribution in [2.75, 3.05) is 2.89 Å². The zero-order valence-electron chi connectivity index (χ0n) is 6.73. The number of nitrogens with zero attached hydrogens (tertiary/aromatic N) is 1. The average molecular weight is 262 g/mol. The first kappa shape index (κ1) is 8.17. The molecule has 0 aliphatic carbocycles. The second-order valence-corrected chi connectivity index (χ2v) is 6.98. The van der Waals surface area contributed by atoms with Crippen molar-refractivity contribution in [1.82, 2.24) is 0 Å². The van der Waals surface area contributed by atoms with Gasteiger partial charge in [0.15, 0.2) is 0 Å². The van der Waals surface area contributed by atoms with Crippen molar-refractivity contribution < 1.29 is 4.79 Å². The number of amides is 1. The van der Waals surface area contributed by atoms with Crippen molar-refractivity contribution in [2.45, 2.75) is 10.6 Å². The first-order valence-corrected chi connectivity index (χ1v) is 7.89. The summed E-state index contributed by atoms with van der Waals surface area (Å²) in [6.45, 7) is 0. The summed E-state index contributed by atoms with van der Waals surface area (Å²) < 4.78 is 3.22. The van der Waals surface area contributed by atoms with Crippen LogP contribution in [0.15, 0.2) is 30.3 Å². The number of anilines is 1. The molecular formula is C9H9InNO. The van der Waals surface area contributed by atoms with Crippen LogP contribution in [0.3, 0.4) is 0 Å². The van der Waals surface area contributed by atoms with Gasteiger partial charge < -0.3 is 0 Å². The van der Waals surface area contributed by atoms with Crippen molar-refractivity contribution in [3.05, 3.63) is 30.3 Å². The molecule has 1 aromatic carbocycles. The summed E-state index contributed by atoms with van der Waals surface area (Å²) in [6.07, 6.45) is 0.788. The maximum atomic E-state index is 11.3. The van der Waals surface area contributed by atoms with E-state index in [1.54, 1.807) is 0 Å². The van der Waals surface area contributed by atoms with Gasteiger partial charge in [0.1, 0.15) is 0 Å². The van der Waals surface area contributed by atoms with Gasteiger partial charge in [0.2, 0.25) is 0 Å². The number of para-hydroxylation sites is 1. The van der Waals surface area contributed by atoms with E-state index in [1.165, 1.54) is 4.18 Å². The molecule has 0 saturated carbocycles. The molecule has 0 aromatic heterocycles. The molecule has 12 heavy (non-hydrogen) atoms. The Morgan fingerprint density at radius 2 is 2.00 bits per heavy atom. The molecule has 2 rings (SSSR count). The quantitative estimate of drug-likeness (QED) is 0.750. The minimum atomic E-state index is -0.740. The summed E-state index contributed by atoms with van der Waals surface area (Å²) in [5.41, 5.74) is 1.11. The van der Waals surface area contributed by atoms with Crippen LogP contribution < -0.4 is 2.89 Å². The van der Waals surface area contributed by atoms with Gasteiger partial charge >= 0.3 is 83.4 Å². The van der Waals surface area contributed by atoms with Gasteiger partial charge in [-0.25, -0.2) is 0 Å². The van der Waals surface area contributed by atoms with E-state index in [9.17, 15) is 4.79 Å². The van der Waals surface area contributed by atoms with Crippen LogP contribution in [-0.2, 0) is 4.79 Å². The summed E-state index contributed by atoms with van der Waals surface area (Å²) >= 11 is -0.740. The molecule has 1 fully saturated rings. The van der Waals surface area contributed by atoms with Gasteiger partial charge in [-0.2, -0.15) is 0 Å². The molecule has 1 aromatic rings. The maximum absolute atomic E-state index is 11.3. The summed E-state index contributed by atoms with van der Waals surface area (Å²) in [4.78, 5) is 11.3. The molecule has 2 nitrogen and oxygen atoms in total. The zero-order valence-corrected chi connectivity index (χ0v) is 10.0. The van der Waals surface area contributed by atoms with Gasteiger partial charge in [0.25, 0.3) is 0 Å². The number of hydrogen-bond acceptors (Lipinski definition) is 1. The molecule has 0 N–H and O–H groups in total. The van der Waals surface area contributed by atoms with Crippen molar-refractivity contribution in [1.29, 1.82) is 0 Å². The second kappa shape index (κ2) is 3.52. The third-order valence-electron chi connectivity index (χ3n) is 1.97. The summed E-state index contributed by atoms with van der Waals surface area (Å²) in [5.74, 6) is 0.336. The van der Waals surface area contributed by atoms with Crippen molar-refractivity contribution in [2.24, 2.45) is 0 Å². The SMILES string of the molecule is O=C1C[CH2][In][N]1c1ccccc1. The predicted octanol–water partition coefficient (Wildman–Crippen LogP) is 1.46. The fraction of sp³-hybridized carbons (Fsp3) is 0.222. The number of hydrogen-bond donors (Lipinski definition) is 0. The van der Waals surface area contributed by atoms with E-state index in [-0.39, 0.29) is 0 Å². The molecular weight excluding hydrogens is 253 g/mol. The summed E-state index contributed by atoms with van der Waals surface area (Å²) in [7, 11) is 0. The van der Waals surface area contributed by atoms with E-state index >= 15 is 0 Å². The topological polar surface area (TPSA) is 20.3 Å². The molecule has 3 heteroatoms. The van der Waals surface area contributed by atoms with Crippen molar-refractivity contribution >= 4 is 34.8 Å². The average Bonchev–Trinajstić information content (AvgIpc) is 2.53. The molecule has 1 radical (unpaired) electrons. The van der Waals surface area contributed by atoms with Crippen LogP contribution in [-0.4, -0.2) is 29.1 Å². The van der Waals surface area contributed by atoms with E-state index in [4.69, 9.17) is 0 Å². The Kier molecular flexibility index (Phi) is 2.40. The van der Waals surface area contributed by atoms with Gasteiger partial charge in [0, 0.05) is 0 Å². The first-order chi connectivity index (χ1) is 5.88. The number of carbonyl (C=O) groups is 1. The monoisotopic (exact) mass is 262 g/mol. The first-order valence-electron chi connectivity index (χ1n) is 4.08. The van der Waals surface area contributed by atoms with Gasteiger partial charge in [-0.3, -0.25) is 0 Å². The van der Waals surface area contributed by atoms with E-state index in [0.29, 0.717) is 5.91 Å². The molecule has 1 aliphatic heterocycles. The second-order valence-electron chi connectivity index (χ2n) is 2.82. The van der Waals surface area contributed by atoms with E-state index < -0.39 is 23.2 Å². The van der Waals surface area contributed by atoms with E-state index in [2.05, 4.69) is 0 Å². The number of rotatable bonds is 1. The van der Waals surface area contributed by atoms with Gasteiger partial charge in [-0.05, 0) is 0 Å². The van der Waals surface area contributed by atoms with Gasteiger partial charge in [-0.15, -0.1) is 0 Å². The fourth-order valence-corrected chi connectivity index (χ4v) is 5.23. The van der Waals surface area contributed by atoms with Crippen LogP contribution in [0.4, 0.5) is 5.69 Å². The molecule has 0 bridgehead atoms. The van der Waals surface area contributed by atoms with Crippen LogP contribution in [0.1, 0.15) is 6.42 Å². The van der Waals surface area contributed by atoms with Crippen LogP contribution in [0.25, 0.3) is 0 Å². The van der Waals surface area contributed by atoms with Crippen molar-refractivity contribution in [3.63, 3.8) is 0 Å². The zero-order chi connectivity index (χ0) is 8.39. The van der Waals surface area contributed by atoms with E-state index in [0.717, 1.165) is 12.1 Å².